The molecule has 0 saturated heterocycles. The zero-order valence-corrected chi connectivity index (χ0v) is 12.4. The Kier molecular flexibility index (Phi) is 4.21. The molecule has 0 bridgehead atoms. The molecule has 0 saturated carbocycles. The largest absolute Gasteiger partial charge is 0.480 e. The number of carbonyl (C=O) groups excluding carboxylic acids is 1. The molecule has 1 amide bonds. The highest BCUT2D eigenvalue weighted by atomic mass is 79.9. The highest BCUT2D eigenvalue weighted by Gasteiger charge is 2.33. The molecule has 0 unspecified atom stereocenters. The minimum Gasteiger partial charge on any atom is -0.480 e. The number of hydrogen-bond donors (Lipinski definition) is 2. The first-order chi connectivity index (χ1) is 8.12. The number of hydrogen-bond acceptors (Lipinski definition) is 2. The van der Waals surface area contributed by atoms with Gasteiger partial charge in [0.25, 0.3) is 5.91 Å². The lowest BCUT2D eigenvalue weighted by molar-refractivity contribution is -0.142. The second kappa shape index (κ2) is 5.14. The third kappa shape index (κ3) is 3.35. The molecule has 0 aliphatic rings. The maximum atomic E-state index is 12.0. The van der Waals surface area contributed by atoms with Crippen molar-refractivity contribution in [3.8, 4) is 0 Å². The first-order valence-corrected chi connectivity index (χ1v) is 6.27. The first-order valence-electron chi connectivity index (χ1n) is 5.48. The number of halogens is 1. The molecule has 1 aromatic heterocycles. The van der Waals surface area contributed by atoms with Crippen LogP contribution in [0.25, 0.3) is 0 Å². The van der Waals surface area contributed by atoms with Crippen molar-refractivity contribution in [3.63, 3.8) is 0 Å². The van der Waals surface area contributed by atoms with E-state index in [1.807, 2.05) is 0 Å². The van der Waals surface area contributed by atoms with Crippen LogP contribution in [-0.4, -0.2) is 27.6 Å². The van der Waals surface area contributed by atoms with Gasteiger partial charge < -0.3 is 15.0 Å². The van der Waals surface area contributed by atoms with Gasteiger partial charge in [0.2, 0.25) is 0 Å². The van der Waals surface area contributed by atoms with Crippen molar-refractivity contribution in [2.75, 3.05) is 0 Å². The van der Waals surface area contributed by atoms with E-state index >= 15 is 0 Å². The Morgan fingerprint density at radius 3 is 2.33 bits per heavy atom. The van der Waals surface area contributed by atoms with E-state index in [2.05, 4.69) is 21.2 Å². The van der Waals surface area contributed by atoms with Gasteiger partial charge in [0.15, 0.2) is 0 Å². The monoisotopic (exact) mass is 316 g/mol. The molecule has 100 valence electrons. The summed E-state index contributed by atoms with van der Waals surface area (Å²) in [5, 5.41) is 11.7. The van der Waals surface area contributed by atoms with Gasteiger partial charge in [0.05, 0.1) is 0 Å². The van der Waals surface area contributed by atoms with E-state index in [9.17, 15) is 9.59 Å². The molecule has 1 heterocycles. The van der Waals surface area contributed by atoms with Gasteiger partial charge in [-0.2, -0.15) is 0 Å². The highest BCUT2D eigenvalue weighted by molar-refractivity contribution is 9.10. The van der Waals surface area contributed by atoms with Crippen LogP contribution in [0.2, 0.25) is 0 Å². The van der Waals surface area contributed by atoms with Crippen molar-refractivity contribution in [1.29, 1.82) is 0 Å². The van der Waals surface area contributed by atoms with Crippen LogP contribution < -0.4 is 5.32 Å². The van der Waals surface area contributed by atoms with Crippen molar-refractivity contribution < 1.29 is 14.7 Å². The summed E-state index contributed by atoms with van der Waals surface area (Å²) < 4.78 is 2.42. The quantitative estimate of drug-likeness (QED) is 0.896. The maximum absolute atomic E-state index is 12.0. The second-order valence-electron chi connectivity index (χ2n) is 5.27. The van der Waals surface area contributed by atoms with E-state index in [1.165, 1.54) is 0 Å². The molecule has 0 aliphatic heterocycles. The Morgan fingerprint density at radius 2 is 2.00 bits per heavy atom. The lowest BCUT2D eigenvalue weighted by Crippen LogP contribution is -2.49. The molecular formula is C12H17BrN2O3. The van der Waals surface area contributed by atoms with E-state index in [1.54, 1.807) is 44.6 Å². The van der Waals surface area contributed by atoms with Gasteiger partial charge >= 0.3 is 5.97 Å². The predicted molar refractivity (Wildman–Crippen MR) is 71.5 cm³/mol. The van der Waals surface area contributed by atoms with Gasteiger partial charge in [-0.05, 0) is 27.4 Å². The summed E-state index contributed by atoms with van der Waals surface area (Å²) in [6, 6.07) is 0.718. The average molecular weight is 317 g/mol. The van der Waals surface area contributed by atoms with Gasteiger partial charge in [0, 0.05) is 17.7 Å². The van der Waals surface area contributed by atoms with Crippen LogP contribution in [0, 0.1) is 5.41 Å². The van der Waals surface area contributed by atoms with Crippen molar-refractivity contribution in [3.05, 3.63) is 22.4 Å². The maximum Gasteiger partial charge on any atom is 0.326 e. The van der Waals surface area contributed by atoms with Crippen LogP contribution in [0.3, 0.4) is 0 Å². The van der Waals surface area contributed by atoms with Crippen LogP contribution in [0.4, 0.5) is 0 Å². The van der Waals surface area contributed by atoms with Gasteiger partial charge in [-0.1, -0.05) is 20.8 Å². The molecule has 1 aromatic rings. The predicted octanol–water partition coefficient (Wildman–Crippen LogP) is 2.02. The van der Waals surface area contributed by atoms with Crippen molar-refractivity contribution in [2.45, 2.75) is 26.8 Å². The van der Waals surface area contributed by atoms with Gasteiger partial charge in [-0.25, -0.2) is 4.79 Å². The van der Waals surface area contributed by atoms with E-state index in [0.29, 0.717) is 5.69 Å². The molecule has 0 spiro atoms. The Bertz CT molecular complexity index is 474. The molecule has 6 heteroatoms. The molecule has 0 aromatic carbocycles. The summed E-state index contributed by atoms with van der Waals surface area (Å²) in [6.07, 6.45) is 1.74. The molecule has 1 rings (SSSR count). The number of rotatable bonds is 3. The minimum atomic E-state index is -1.04. The van der Waals surface area contributed by atoms with Crippen molar-refractivity contribution >= 4 is 27.8 Å². The topological polar surface area (TPSA) is 71.3 Å². The number of nitrogens with zero attached hydrogens (tertiary/aromatic N) is 1. The third-order valence-electron chi connectivity index (χ3n) is 2.59. The van der Waals surface area contributed by atoms with Crippen LogP contribution >= 0.6 is 15.9 Å². The molecule has 0 aliphatic carbocycles. The van der Waals surface area contributed by atoms with Gasteiger partial charge in [-0.3, -0.25) is 4.79 Å². The number of carboxylic acids is 1. The van der Waals surface area contributed by atoms with E-state index in [0.717, 1.165) is 4.47 Å². The fraction of sp³-hybridized carbons (Fsp3) is 0.500. The minimum absolute atomic E-state index is 0.398. The summed E-state index contributed by atoms with van der Waals surface area (Å²) in [5.41, 5.74) is -0.137. The summed E-state index contributed by atoms with van der Waals surface area (Å²) in [7, 11) is 1.73. The SMILES string of the molecule is Cn1cc(Br)cc1C(=O)N[C@@H](C(=O)O)C(C)(C)C. The van der Waals surface area contributed by atoms with E-state index in [-0.39, 0.29) is 0 Å². The van der Waals surface area contributed by atoms with Gasteiger partial charge in [0.1, 0.15) is 11.7 Å². The molecule has 0 fully saturated rings. The number of carbonyl (C=O) groups is 2. The van der Waals surface area contributed by atoms with Crippen molar-refractivity contribution in [1.82, 2.24) is 9.88 Å². The Morgan fingerprint density at radius 1 is 1.44 bits per heavy atom. The summed E-state index contributed by atoms with van der Waals surface area (Å²) in [5.74, 6) is -1.44. The smallest absolute Gasteiger partial charge is 0.326 e. The Balaban J connectivity index is 2.93. The Hall–Kier alpha value is -1.30. The fourth-order valence-corrected chi connectivity index (χ4v) is 2.13. The number of aromatic nitrogens is 1. The molecule has 1 atom stereocenters. The first kappa shape index (κ1) is 14.8. The lowest BCUT2D eigenvalue weighted by atomic mass is 9.86. The molecule has 18 heavy (non-hydrogen) atoms. The van der Waals surface area contributed by atoms with Crippen LogP contribution in [0.1, 0.15) is 31.3 Å². The zero-order chi connectivity index (χ0) is 14.1. The standard InChI is InChI=1S/C12H17BrN2O3/c1-12(2,3)9(11(17)18)14-10(16)8-5-7(13)6-15(8)4/h5-6,9H,1-4H3,(H,14,16)(H,17,18)/t9-/m0/s1. The Labute approximate surface area is 114 Å². The number of amides is 1. The molecular weight excluding hydrogens is 300 g/mol. The highest BCUT2D eigenvalue weighted by Crippen LogP contribution is 2.20. The fourth-order valence-electron chi connectivity index (χ4n) is 1.60. The molecule has 0 radical (unpaired) electrons. The lowest BCUT2D eigenvalue weighted by Gasteiger charge is -2.27. The van der Waals surface area contributed by atoms with E-state index in [4.69, 9.17) is 5.11 Å². The van der Waals surface area contributed by atoms with Crippen LogP contribution in [0.15, 0.2) is 16.7 Å². The molecule has 2 N–H and O–H groups in total. The van der Waals surface area contributed by atoms with Crippen molar-refractivity contribution in [2.24, 2.45) is 12.5 Å². The van der Waals surface area contributed by atoms with E-state index < -0.39 is 23.3 Å². The molecule has 5 nitrogen and oxygen atoms in total. The second-order valence-corrected chi connectivity index (χ2v) is 6.18. The third-order valence-corrected chi connectivity index (χ3v) is 3.03. The zero-order valence-electron chi connectivity index (χ0n) is 10.8. The summed E-state index contributed by atoms with van der Waals surface area (Å²) in [4.78, 5) is 23.2. The average Bonchev–Trinajstić information content (AvgIpc) is 2.51. The summed E-state index contributed by atoms with van der Waals surface area (Å²) in [6.45, 7) is 5.31. The number of carboxylic acid groups (broad SMARTS) is 1. The number of aliphatic carboxylic acids is 1. The van der Waals surface area contributed by atoms with Crippen LogP contribution in [-0.2, 0) is 11.8 Å². The van der Waals surface area contributed by atoms with Crippen LogP contribution in [0.5, 0.6) is 0 Å². The number of aryl methyl sites for hydroxylation is 1. The summed E-state index contributed by atoms with van der Waals surface area (Å²) >= 11 is 3.27. The normalized spacial score (nSPS) is 13.2. The van der Waals surface area contributed by atoms with Gasteiger partial charge in [-0.15, -0.1) is 0 Å². The number of nitrogens with one attached hydrogen (secondary N) is 1.